The second kappa shape index (κ2) is 15.6. The zero-order valence-electron chi connectivity index (χ0n) is 26.8. The highest BCUT2D eigenvalue weighted by Crippen LogP contribution is 2.43. The fourth-order valence-corrected chi connectivity index (χ4v) is 5.46. The van der Waals surface area contributed by atoms with Crippen molar-refractivity contribution >= 4 is 41.8 Å². The first kappa shape index (κ1) is 33.5. The third kappa shape index (κ3) is 7.32. The third-order valence-electron chi connectivity index (χ3n) is 7.51. The molecule has 0 bridgehead atoms. The van der Waals surface area contributed by atoms with Crippen LogP contribution in [0.2, 0.25) is 0 Å². The number of benzene rings is 1. The van der Waals surface area contributed by atoms with Crippen molar-refractivity contribution in [3.05, 3.63) is 133 Å². The van der Waals surface area contributed by atoms with E-state index in [1.165, 1.54) is 25.0 Å². The van der Waals surface area contributed by atoms with E-state index in [9.17, 15) is 0 Å². The summed E-state index contributed by atoms with van der Waals surface area (Å²) in [6.45, 7) is 17.9. The molecular weight excluding hydrogens is 582 g/mol. The van der Waals surface area contributed by atoms with Crippen LogP contribution in [0.5, 0.6) is 0 Å². The predicted octanol–water partition coefficient (Wildman–Crippen LogP) is 7.52. The monoisotopic (exact) mass is 619 g/mol. The van der Waals surface area contributed by atoms with Crippen molar-refractivity contribution in [2.45, 2.75) is 20.8 Å². The number of pyridine rings is 3. The van der Waals surface area contributed by atoms with Crippen molar-refractivity contribution in [2.75, 3.05) is 0 Å². The van der Waals surface area contributed by atoms with E-state index >= 15 is 0 Å². The van der Waals surface area contributed by atoms with Gasteiger partial charge in [0.1, 0.15) is 6.34 Å². The minimum absolute atomic E-state index is 0.591. The molecule has 5 N–H and O–H groups in total. The molecule has 0 aliphatic heterocycles. The number of aromatic nitrogens is 3. The van der Waals surface area contributed by atoms with Crippen LogP contribution in [-0.4, -0.2) is 40.1 Å². The van der Waals surface area contributed by atoms with E-state index in [0.717, 1.165) is 62.4 Å². The molecule has 0 fully saturated rings. The highest BCUT2D eigenvalue weighted by molar-refractivity contribution is 6.10. The second-order valence-corrected chi connectivity index (χ2v) is 10.3. The molecule has 0 radical (unpaired) electrons. The number of aliphatic imine (C=N–C) groups is 3. The van der Waals surface area contributed by atoms with Crippen LogP contribution in [0.3, 0.4) is 0 Å². The van der Waals surface area contributed by atoms with Crippen molar-refractivity contribution in [3.8, 4) is 33.8 Å². The van der Waals surface area contributed by atoms with Gasteiger partial charge in [-0.3, -0.25) is 10.4 Å². The second-order valence-electron chi connectivity index (χ2n) is 10.3. The first-order valence-electron chi connectivity index (χ1n) is 14.7. The molecule has 3 aromatic heterocycles. The topological polar surface area (TPSA) is 152 Å². The summed E-state index contributed by atoms with van der Waals surface area (Å²) in [5, 5.41) is 7.26. The largest absolute Gasteiger partial charge is 0.404 e. The summed E-state index contributed by atoms with van der Waals surface area (Å²) in [6, 6.07) is 17.5. The van der Waals surface area contributed by atoms with Crippen LogP contribution < -0.4 is 11.5 Å². The molecule has 3 heterocycles. The summed E-state index contributed by atoms with van der Waals surface area (Å²) in [5.74, 6) is 0. The van der Waals surface area contributed by atoms with E-state index in [4.69, 9.17) is 31.8 Å². The zero-order chi connectivity index (χ0) is 33.9. The summed E-state index contributed by atoms with van der Waals surface area (Å²) < 4.78 is 0. The van der Waals surface area contributed by atoms with Crippen LogP contribution in [0.1, 0.15) is 33.8 Å². The summed E-state index contributed by atoms with van der Waals surface area (Å²) in [6.07, 6.45) is 11.6. The molecule has 0 spiro atoms. The Bertz CT molecular complexity index is 2010. The maximum absolute atomic E-state index is 7.26. The van der Waals surface area contributed by atoms with E-state index < -0.39 is 0 Å². The van der Waals surface area contributed by atoms with E-state index in [1.54, 1.807) is 18.5 Å². The molecule has 0 aliphatic rings. The number of nitrogens with zero attached hydrogens (tertiary/aromatic N) is 6. The first-order chi connectivity index (χ1) is 22.8. The lowest BCUT2D eigenvalue weighted by Crippen LogP contribution is -2.05. The van der Waals surface area contributed by atoms with Gasteiger partial charge in [0, 0.05) is 64.4 Å². The Hall–Kier alpha value is -6.35. The molecule has 4 rings (SSSR count). The standard InChI is InChI=1S/C38H37N9/c1-7-28(20-44-23-41)31-13-10-16-34(46-31)37-25(4)36(33-15-9-12-30(45-33)24(3)19-43-22-40)26(5)38(27(37)6)35-17-11-14-32(47-35)29(18-39)21-42-8-2/h7-23,40H,1-3,39H2,4-6H3,(H2,41,44)/b28-20+,29-18+,40-22?,42-21?,43-19?. The van der Waals surface area contributed by atoms with Crippen LogP contribution in [0.4, 0.5) is 0 Å². The van der Waals surface area contributed by atoms with Crippen molar-refractivity contribution in [1.29, 1.82) is 5.41 Å². The lowest BCUT2D eigenvalue weighted by Gasteiger charge is -2.23. The van der Waals surface area contributed by atoms with Gasteiger partial charge in [-0.05, 0) is 73.9 Å². The van der Waals surface area contributed by atoms with Gasteiger partial charge in [-0.1, -0.05) is 44.0 Å². The molecule has 9 nitrogen and oxygen atoms in total. The summed E-state index contributed by atoms with van der Waals surface area (Å²) in [7, 11) is 0. The highest BCUT2D eigenvalue weighted by atomic mass is 14.8. The number of hydrogen-bond acceptors (Lipinski definition) is 7. The van der Waals surface area contributed by atoms with Gasteiger partial charge in [0.05, 0.1) is 40.5 Å². The summed E-state index contributed by atoms with van der Waals surface area (Å²) >= 11 is 0. The van der Waals surface area contributed by atoms with E-state index in [2.05, 4.69) is 55.5 Å². The maximum Gasteiger partial charge on any atom is 0.106 e. The van der Waals surface area contributed by atoms with Crippen molar-refractivity contribution in [1.82, 2.24) is 15.0 Å². The van der Waals surface area contributed by atoms with Gasteiger partial charge >= 0.3 is 0 Å². The average molecular weight is 620 g/mol. The van der Waals surface area contributed by atoms with Crippen LogP contribution in [0.15, 0.2) is 114 Å². The van der Waals surface area contributed by atoms with Gasteiger partial charge in [0.2, 0.25) is 0 Å². The van der Waals surface area contributed by atoms with Crippen LogP contribution in [-0.2, 0) is 0 Å². The first-order valence-corrected chi connectivity index (χ1v) is 14.7. The molecule has 0 atom stereocenters. The van der Waals surface area contributed by atoms with E-state index in [-0.39, 0.29) is 0 Å². The predicted molar refractivity (Wildman–Crippen MR) is 198 cm³/mol. The zero-order valence-corrected chi connectivity index (χ0v) is 26.8. The Kier molecular flexibility index (Phi) is 11.1. The molecule has 0 aliphatic carbocycles. The van der Waals surface area contributed by atoms with Crippen LogP contribution >= 0.6 is 0 Å². The van der Waals surface area contributed by atoms with E-state index in [0.29, 0.717) is 28.2 Å². The van der Waals surface area contributed by atoms with Gasteiger partial charge in [0.25, 0.3) is 0 Å². The SMILES string of the molecule is C=CN=C/C(=C\N)c1cccc(-c2c(C)c(-c3cccc(C(=C)C=NC=N)n3)c(C)c(-c3cccc(/C(C=C)=C/N=CN)n3)c2C)n1. The van der Waals surface area contributed by atoms with Gasteiger partial charge in [-0.15, -0.1) is 0 Å². The maximum atomic E-state index is 7.26. The van der Waals surface area contributed by atoms with Crippen molar-refractivity contribution in [2.24, 2.45) is 26.4 Å². The number of nitrogens with one attached hydrogen (secondary N) is 1. The quantitative estimate of drug-likeness (QED) is 0.0851. The van der Waals surface area contributed by atoms with E-state index in [1.807, 2.05) is 54.6 Å². The van der Waals surface area contributed by atoms with Crippen molar-refractivity contribution in [3.63, 3.8) is 0 Å². The Balaban J connectivity index is 2.08. The van der Waals surface area contributed by atoms with Gasteiger partial charge in [-0.25, -0.2) is 24.9 Å². The Morgan fingerprint density at radius 2 is 1.17 bits per heavy atom. The molecular formula is C38H37N9. The van der Waals surface area contributed by atoms with Gasteiger partial charge < -0.3 is 11.5 Å². The number of hydrogen-bond donors (Lipinski definition) is 3. The third-order valence-corrected chi connectivity index (χ3v) is 7.51. The molecule has 0 saturated carbocycles. The molecule has 47 heavy (non-hydrogen) atoms. The minimum atomic E-state index is 0.591. The lowest BCUT2D eigenvalue weighted by molar-refractivity contribution is 1.20. The number of allylic oxidation sites excluding steroid dienone is 4. The fraction of sp³-hybridized carbons (Fsp3) is 0.0789. The molecule has 0 saturated heterocycles. The molecule has 9 heteroatoms. The minimum Gasteiger partial charge on any atom is -0.404 e. The Morgan fingerprint density at radius 1 is 0.681 bits per heavy atom. The molecule has 234 valence electrons. The summed E-state index contributed by atoms with van der Waals surface area (Å²) in [4.78, 5) is 27.2. The Morgan fingerprint density at radius 3 is 1.62 bits per heavy atom. The normalized spacial score (nSPS) is 12.2. The molecule has 0 unspecified atom stereocenters. The lowest BCUT2D eigenvalue weighted by atomic mass is 9.84. The number of rotatable bonds is 12. The summed E-state index contributed by atoms with van der Waals surface area (Å²) in [5.41, 5.74) is 23.5. The molecule has 4 aromatic rings. The molecule has 0 amide bonds. The smallest absolute Gasteiger partial charge is 0.106 e. The van der Waals surface area contributed by atoms with Crippen LogP contribution in [0.25, 0.3) is 50.5 Å². The average Bonchev–Trinajstić information content (AvgIpc) is 3.08. The molecule has 1 aromatic carbocycles. The fourth-order valence-electron chi connectivity index (χ4n) is 5.46. The van der Waals surface area contributed by atoms with Crippen LogP contribution in [0, 0.1) is 26.2 Å². The highest BCUT2D eigenvalue weighted by Gasteiger charge is 2.23. The van der Waals surface area contributed by atoms with Gasteiger partial charge in [-0.2, -0.15) is 0 Å². The Labute approximate surface area is 275 Å². The van der Waals surface area contributed by atoms with Crippen molar-refractivity contribution < 1.29 is 0 Å². The van der Waals surface area contributed by atoms with Gasteiger partial charge in [0.15, 0.2) is 0 Å². The number of nitrogens with two attached hydrogens (primary N) is 2.